The topological polar surface area (TPSA) is 40.8 Å². The maximum Gasteiger partial charge on any atom is 0.216 e. The molecule has 3 nitrogen and oxygen atoms in total. The van der Waals surface area contributed by atoms with Crippen LogP contribution in [0.25, 0.3) is 65.5 Å². The van der Waals surface area contributed by atoms with Crippen molar-refractivity contribution in [2.75, 3.05) is 0 Å². The van der Waals surface area contributed by atoms with E-state index in [9.17, 15) is 5.26 Å². The summed E-state index contributed by atoms with van der Waals surface area (Å²) in [7, 11) is 2.05. The first kappa shape index (κ1) is 19.8. The lowest BCUT2D eigenvalue weighted by atomic mass is 9.90. The molecule has 7 aromatic rings. The summed E-state index contributed by atoms with van der Waals surface area (Å²) >= 11 is 0. The van der Waals surface area contributed by atoms with Crippen molar-refractivity contribution in [2.45, 2.75) is 6.92 Å². The summed E-state index contributed by atoms with van der Waals surface area (Å²) in [5.41, 5.74) is 5.31. The van der Waals surface area contributed by atoms with E-state index >= 15 is 0 Å². The lowest BCUT2D eigenvalue weighted by Gasteiger charge is -2.12. The first-order valence-electron chi connectivity index (χ1n) is 11.7. The fourth-order valence-electron chi connectivity index (χ4n) is 5.68. The fraction of sp³-hybridized carbons (Fsp3) is 0.0625. The largest absolute Gasteiger partial charge is 0.454 e. The Hall–Kier alpha value is -4.68. The number of benzene rings is 5. The minimum Gasteiger partial charge on any atom is -0.454 e. The van der Waals surface area contributed by atoms with E-state index < -0.39 is 0 Å². The van der Waals surface area contributed by atoms with Gasteiger partial charge in [-0.2, -0.15) is 5.26 Å². The first-order chi connectivity index (χ1) is 17.2. The van der Waals surface area contributed by atoms with Crippen molar-refractivity contribution in [1.82, 2.24) is 0 Å². The Morgan fingerprint density at radius 1 is 0.686 bits per heavy atom. The van der Waals surface area contributed by atoms with Crippen molar-refractivity contribution in [3.63, 3.8) is 0 Å². The molecule has 0 radical (unpaired) electrons. The molecule has 7 rings (SSSR count). The zero-order valence-corrected chi connectivity index (χ0v) is 19.5. The number of aryl methyl sites for hydroxylation is 2. The molecule has 0 atom stereocenters. The van der Waals surface area contributed by atoms with Gasteiger partial charge < -0.3 is 4.42 Å². The lowest BCUT2D eigenvalue weighted by Crippen LogP contribution is -2.30. The van der Waals surface area contributed by atoms with E-state index in [0.717, 1.165) is 49.3 Å². The standard InChI is InChI=1S/C32H21N2O/c1-19-14-15-25-30-29-24-12-6-5-10-22(24)21-9-3-4-11-23(21)26(29)17-20(18-33)31(30)35-32(25)28(19)27-13-7-8-16-34(27)2/h3-17H,1-2H3/q+1. The number of hydrogen-bond donors (Lipinski definition) is 0. The molecule has 0 amide bonds. The summed E-state index contributed by atoms with van der Waals surface area (Å²) in [6.45, 7) is 2.11. The molecular weight excluding hydrogens is 428 g/mol. The van der Waals surface area contributed by atoms with E-state index in [1.54, 1.807) is 0 Å². The van der Waals surface area contributed by atoms with Gasteiger partial charge in [0, 0.05) is 28.3 Å². The minimum absolute atomic E-state index is 0.560. The van der Waals surface area contributed by atoms with E-state index in [0.29, 0.717) is 11.1 Å². The van der Waals surface area contributed by atoms with Crippen LogP contribution in [0.2, 0.25) is 0 Å². The van der Waals surface area contributed by atoms with Crippen molar-refractivity contribution in [3.05, 3.63) is 102 Å². The SMILES string of the molecule is Cc1ccc2c(oc3c(C#N)cc4c5ccccc5c5ccccc5c4c32)c1-c1cccc[n+]1C. The van der Waals surface area contributed by atoms with Crippen LogP contribution in [0.4, 0.5) is 0 Å². The van der Waals surface area contributed by atoms with Crippen LogP contribution >= 0.6 is 0 Å². The van der Waals surface area contributed by atoms with Crippen LogP contribution in [-0.4, -0.2) is 0 Å². The van der Waals surface area contributed by atoms with Crippen LogP contribution in [0.3, 0.4) is 0 Å². The summed E-state index contributed by atoms with van der Waals surface area (Å²) < 4.78 is 8.74. The van der Waals surface area contributed by atoms with Crippen LogP contribution in [-0.2, 0) is 7.05 Å². The smallest absolute Gasteiger partial charge is 0.216 e. The van der Waals surface area contributed by atoms with E-state index in [2.05, 4.69) is 84.3 Å². The third-order valence-corrected chi connectivity index (χ3v) is 7.25. The highest BCUT2D eigenvalue weighted by atomic mass is 16.3. The van der Waals surface area contributed by atoms with Gasteiger partial charge in [0.25, 0.3) is 0 Å². The first-order valence-corrected chi connectivity index (χ1v) is 11.7. The van der Waals surface area contributed by atoms with E-state index in [1.165, 1.54) is 16.2 Å². The average molecular weight is 450 g/mol. The van der Waals surface area contributed by atoms with Gasteiger partial charge in [-0.25, -0.2) is 4.57 Å². The molecule has 0 fully saturated rings. The van der Waals surface area contributed by atoms with Gasteiger partial charge in [-0.1, -0.05) is 60.7 Å². The second-order valence-electron chi connectivity index (χ2n) is 9.19. The molecule has 0 saturated heterocycles. The third kappa shape index (κ3) is 2.62. The van der Waals surface area contributed by atoms with Gasteiger partial charge in [-0.3, -0.25) is 0 Å². The Balaban J connectivity index is 1.80. The predicted octanol–water partition coefficient (Wildman–Crippen LogP) is 7.72. The van der Waals surface area contributed by atoms with Crippen LogP contribution in [0.1, 0.15) is 11.1 Å². The summed E-state index contributed by atoms with van der Waals surface area (Å²) in [5, 5.41) is 19.2. The molecule has 35 heavy (non-hydrogen) atoms. The molecule has 0 unspecified atom stereocenters. The number of nitriles is 1. The average Bonchev–Trinajstić information content (AvgIpc) is 3.28. The number of pyridine rings is 1. The number of hydrogen-bond acceptors (Lipinski definition) is 2. The molecule has 0 aliphatic carbocycles. The predicted molar refractivity (Wildman–Crippen MR) is 142 cm³/mol. The molecule has 0 aliphatic rings. The van der Waals surface area contributed by atoms with E-state index in [4.69, 9.17) is 4.42 Å². The van der Waals surface area contributed by atoms with Crippen LogP contribution in [0, 0.1) is 18.3 Å². The number of rotatable bonds is 1. The van der Waals surface area contributed by atoms with Crippen LogP contribution in [0.5, 0.6) is 0 Å². The van der Waals surface area contributed by atoms with E-state index in [-0.39, 0.29) is 0 Å². The van der Waals surface area contributed by atoms with Gasteiger partial charge in [-0.15, -0.1) is 0 Å². The van der Waals surface area contributed by atoms with Gasteiger partial charge in [0.2, 0.25) is 5.69 Å². The molecule has 5 aromatic carbocycles. The second-order valence-corrected chi connectivity index (χ2v) is 9.19. The summed E-state index contributed by atoms with van der Waals surface area (Å²) in [6, 6.07) is 31.9. The van der Waals surface area contributed by atoms with Crippen molar-refractivity contribution >= 4 is 54.3 Å². The Morgan fingerprint density at radius 3 is 2.06 bits per heavy atom. The molecule has 2 heterocycles. The quantitative estimate of drug-likeness (QED) is 0.190. The Morgan fingerprint density at radius 2 is 1.34 bits per heavy atom. The monoisotopic (exact) mass is 449 g/mol. The number of nitrogens with zero attached hydrogens (tertiary/aromatic N) is 2. The van der Waals surface area contributed by atoms with Gasteiger partial charge in [0.1, 0.15) is 18.7 Å². The molecule has 2 aromatic heterocycles. The third-order valence-electron chi connectivity index (χ3n) is 7.25. The highest BCUT2D eigenvalue weighted by molar-refractivity contribution is 6.35. The van der Waals surface area contributed by atoms with Gasteiger partial charge >= 0.3 is 0 Å². The van der Waals surface area contributed by atoms with Gasteiger partial charge in [-0.05, 0) is 51.6 Å². The summed E-state index contributed by atoms with van der Waals surface area (Å²) in [6.07, 6.45) is 2.05. The molecular formula is C32H21N2O+. The highest BCUT2D eigenvalue weighted by Crippen LogP contribution is 2.45. The molecule has 0 N–H and O–H groups in total. The van der Waals surface area contributed by atoms with Crippen molar-refractivity contribution in [3.8, 4) is 17.3 Å². The van der Waals surface area contributed by atoms with Crippen molar-refractivity contribution < 1.29 is 8.98 Å². The Labute approximate surface area is 202 Å². The van der Waals surface area contributed by atoms with Crippen molar-refractivity contribution in [1.29, 1.82) is 5.26 Å². The van der Waals surface area contributed by atoms with Gasteiger partial charge in [0.05, 0.1) is 11.1 Å². The maximum absolute atomic E-state index is 10.2. The second kappa shape index (κ2) is 7.16. The Kier molecular flexibility index (Phi) is 4.04. The molecule has 3 heteroatoms. The minimum atomic E-state index is 0.560. The molecule has 164 valence electrons. The molecule has 0 bridgehead atoms. The Bertz CT molecular complexity index is 2040. The highest BCUT2D eigenvalue weighted by Gasteiger charge is 2.24. The molecule has 0 saturated carbocycles. The number of fused-ring (bicyclic) bond motifs is 10. The van der Waals surface area contributed by atoms with Crippen molar-refractivity contribution in [2.24, 2.45) is 7.05 Å². The fourth-order valence-corrected chi connectivity index (χ4v) is 5.68. The summed E-state index contributed by atoms with van der Waals surface area (Å²) in [5.74, 6) is 0. The normalized spacial score (nSPS) is 11.7. The van der Waals surface area contributed by atoms with E-state index in [1.807, 2.05) is 31.4 Å². The van der Waals surface area contributed by atoms with Gasteiger partial charge in [0.15, 0.2) is 11.8 Å². The number of furan rings is 1. The molecule has 0 aliphatic heterocycles. The lowest BCUT2D eigenvalue weighted by molar-refractivity contribution is -0.660. The maximum atomic E-state index is 10.2. The number of aromatic nitrogens is 1. The van der Waals surface area contributed by atoms with Crippen LogP contribution < -0.4 is 4.57 Å². The zero-order chi connectivity index (χ0) is 23.7. The zero-order valence-electron chi connectivity index (χ0n) is 19.5. The van der Waals surface area contributed by atoms with Crippen LogP contribution in [0.15, 0.2) is 95.5 Å². The molecule has 0 spiro atoms. The summed E-state index contributed by atoms with van der Waals surface area (Å²) in [4.78, 5) is 0.